The Morgan fingerprint density at radius 2 is 2.00 bits per heavy atom. The van der Waals surface area contributed by atoms with Crippen LogP contribution in [-0.2, 0) is 12.8 Å². The van der Waals surface area contributed by atoms with Crippen molar-refractivity contribution in [1.29, 1.82) is 0 Å². The van der Waals surface area contributed by atoms with E-state index in [2.05, 4.69) is 29.2 Å². The van der Waals surface area contributed by atoms with Gasteiger partial charge in [-0.2, -0.15) is 0 Å². The second-order valence-corrected chi connectivity index (χ2v) is 6.76. The first-order valence-electron chi connectivity index (χ1n) is 9.18. The van der Waals surface area contributed by atoms with Gasteiger partial charge < -0.3 is 9.64 Å². The Morgan fingerprint density at radius 3 is 2.74 bits per heavy atom. The van der Waals surface area contributed by atoms with E-state index >= 15 is 0 Å². The molecule has 2 heterocycles. The zero-order valence-electron chi connectivity index (χ0n) is 15.3. The van der Waals surface area contributed by atoms with Gasteiger partial charge in [-0.05, 0) is 53.8 Å². The third-order valence-corrected chi connectivity index (χ3v) is 5.15. The summed E-state index contributed by atoms with van der Waals surface area (Å²) in [4.78, 5) is 19.3. The van der Waals surface area contributed by atoms with Crippen molar-refractivity contribution in [3.8, 4) is 5.75 Å². The van der Waals surface area contributed by atoms with Crippen LogP contribution in [0.4, 0.5) is 0 Å². The molecule has 0 fully saturated rings. The molecule has 0 spiro atoms. The summed E-state index contributed by atoms with van der Waals surface area (Å²) in [5, 5.41) is 0. The van der Waals surface area contributed by atoms with E-state index in [9.17, 15) is 4.79 Å². The summed E-state index contributed by atoms with van der Waals surface area (Å²) in [5.41, 5.74) is 4.30. The van der Waals surface area contributed by atoms with Gasteiger partial charge in [0, 0.05) is 18.9 Å². The maximum Gasteiger partial charge on any atom is 0.255 e. The van der Waals surface area contributed by atoms with Crippen LogP contribution in [0.3, 0.4) is 0 Å². The fourth-order valence-electron chi connectivity index (χ4n) is 3.77. The topological polar surface area (TPSA) is 42.4 Å². The zero-order chi connectivity index (χ0) is 18.6. The number of benzene rings is 2. The van der Waals surface area contributed by atoms with Crippen LogP contribution in [0.1, 0.15) is 33.1 Å². The van der Waals surface area contributed by atoms with E-state index in [-0.39, 0.29) is 11.9 Å². The number of nitrogens with zero attached hydrogens (tertiary/aromatic N) is 2. The molecule has 27 heavy (non-hydrogen) atoms. The van der Waals surface area contributed by atoms with E-state index in [1.165, 1.54) is 16.7 Å². The van der Waals surface area contributed by atoms with Gasteiger partial charge in [0.2, 0.25) is 0 Å². The molecule has 0 aliphatic carbocycles. The van der Waals surface area contributed by atoms with Crippen molar-refractivity contribution in [3.63, 3.8) is 0 Å². The Bertz CT molecular complexity index is 926. The molecule has 4 heteroatoms. The Hall–Kier alpha value is -3.14. The molecular weight excluding hydrogens is 336 g/mol. The quantitative estimate of drug-likeness (QED) is 0.706. The standard InChI is InChI=1S/C23H22N2O2/c1-27-20-9-10-21-18(15-20)11-13-25(23(26)19-8-5-12-24-16-19)22(21)14-17-6-3-2-4-7-17/h2-10,12,15-16,22H,11,13-14H2,1H3. The third-order valence-electron chi connectivity index (χ3n) is 5.15. The summed E-state index contributed by atoms with van der Waals surface area (Å²) in [6.07, 6.45) is 4.94. The number of carbonyl (C=O) groups excluding carboxylic acids is 1. The number of hydrogen-bond acceptors (Lipinski definition) is 3. The lowest BCUT2D eigenvalue weighted by Crippen LogP contribution is -2.41. The number of ether oxygens (including phenoxy) is 1. The zero-order valence-corrected chi connectivity index (χ0v) is 15.3. The molecule has 2 aromatic carbocycles. The highest BCUT2D eigenvalue weighted by Gasteiger charge is 2.31. The molecule has 1 amide bonds. The van der Waals surface area contributed by atoms with Crippen molar-refractivity contribution in [2.45, 2.75) is 18.9 Å². The van der Waals surface area contributed by atoms with Crippen LogP contribution >= 0.6 is 0 Å². The van der Waals surface area contributed by atoms with Crippen LogP contribution in [0.2, 0.25) is 0 Å². The number of fused-ring (bicyclic) bond motifs is 1. The molecule has 0 radical (unpaired) electrons. The van der Waals surface area contributed by atoms with Crippen molar-refractivity contribution in [2.75, 3.05) is 13.7 Å². The van der Waals surface area contributed by atoms with Gasteiger partial charge in [0.05, 0.1) is 18.7 Å². The van der Waals surface area contributed by atoms with Crippen LogP contribution in [0.15, 0.2) is 73.1 Å². The van der Waals surface area contributed by atoms with E-state index in [1.807, 2.05) is 41.3 Å². The Kier molecular flexibility index (Phi) is 4.88. The lowest BCUT2D eigenvalue weighted by atomic mass is 9.88. The summed E-state index contributed by atoms with van der Waals surface area (Å²) in [6.45, 7) is 0.686. The molecule has 0 saturated carbocycles. The lowest BCUT2D eigenvalue weighted by molar-refractivity contribution is 0.0659. The average Bonchev–Trinajstić information content (AvgIpc) is 2.74. The van der Waals surface area contributed by atoms with Crippen LogP contribution < -0.4 is 4.74 Å². The number of carbonyl (C=O) groups is 1. The molecule has 3 aromatic rings. The number of methoxy groups -OCH3 is 1. The van der Waals surface area contributed by atoms with Gasteiger partial charge in [-0.3, -0.25) is 9.78 Å². The van der Waals surface area contributed by atoms with E-state index in [0.717, 1.165) is 18.6 Å². The van der Waals surface area contributed by atoms with Crippen molar-refractivity contribution in [3.05, 3.63) is 95.3 Å². The first-order valence-corrected chi connectivity index (χ1v) is 9.18. The predicted molar refractivity (Wildman–Crippen MR) is 105 cm³/mol. The molecule has 4 nitrogen and oxygen atoms in total. The fourth-order valence-corrected chi connectivity index (χ4v) is 3.77. The number of hydrogen-bond donors (Lipinski definition) is 0. The monoisotopic (exact) mass is 358 g/mol. The van der Waals surface area contributed by atoms with Gasteiger partial charge in [0.1, 0.15) is 5.75 Å². The molecule has 1 aliphatic heterocycles. The number of rotatable bonds is 4. The number of aromatic nitrogens is 1. The maximum absolute atomic E-state index is 13.2. The third kappa shape index (κ3) is 3.56. The highest BCUT2D eigenvalue weighted by atomic mass is 16.5. The van der Waals surface area contributed by atoms with Crippen LogP contribution in [0.5, 0.6) is 5.75 Å². The smallest absolute Gasteiger partial charge is 0.255 e. The minimum absolute atomic E-state index is 0.00485. The fraction of sp³-hybridized carbons (Fsp3) is 0.217. The molecule has 1 unspecified atom stereocenters. The first-order chi connectivity index (χ1) is 13.3. The second-order valence-electron chi connectivity index (χ2n) is 6.76. The van der Waals surface area contributed by atoms with Crippen LogP contribution in [0.25, 0.3) is 0 Å². The van der Waals surface area contributed by atoms with Crippen molar-refractivity contribution in [1.82, 2.24) is 9.88 Å². The van der Waals surface area contributed by atoms with Crippen molar-refractivity contribution < 1.29 is 9.53 Å². The Balaban J connectivity index is 1.72. The predicted octanol–water partition coefficient (Wildman–Crippen LogP) is 4.07. The SMILES string of the molecule is COc1ccc2c(c1)CCN(C(=O)c1cccnc1)C2Cc1ccccc1. The van der Waals surface area contributed by atoms with Gasteiger partial charge in [0.15, 0.2) is 0 Å². The largest absolute Gasteiger partial charge is 0.497 e. The van der Waals surface area contributed by atoms with Crippen molar-refractivity contribution in [2.24, 2.45) is 0 Å². The molecule has 1 aromatic heterocycles. The molecule has 1 atom stereocenters. The van der Waals surface area contributed by atoms with Crippen molar-refractivity contribution >= 4 is 5.91 Å². The molecule has 136 valence electrons. The number of pyridine rings is 1. The van der Waals surface area contributed by atoms with E-state index < -0.39 is 0 Å². The summed E-state index contributed by atoms with van der Waals surface area (Å²) >= 11 is 0. The van der Waals surface area contributed by atoms with Gasteiger partial charge in [-0.25, -0.2) is 0 Å². The normalized spacial score (nSPS) is 15.9. The average molecular weight is 358 g/mol. The van der Waals surface area contributed by atoms with Gasteiger partial charge in [0.25, 0.3) is 5.91 Å². The maximum atomic E-state index is 13.2. The summed E-state index contributed by atoms with van der Waals surface area (Å²) in [6, 6.07) is 20.1. The summed E-state index contributed by atoms with van der Waals surface area (Å²) < 4.78 is 5.39. The van der Waals surface area contributed by atoms with E-state index in [1.54, 1.807) is 19.5 Å². The Labute approximate surface area is 159 Å². The van der Waals surface area contributed by atoms with Crippen LogP contribution in [0, 0.1) is 0 Å². The van der Waals surface area contributed by atoms with E-state index in [0.29, 0.717) is 12.1 Å². The summed E-state index contributed by atoms with van der Waals surface area (Å²) in [5.74, 6) is 0.893. The molecule has 1 aliphatic rings. The number of amides is 1. The minimum Gasteiger partial charge on any atom is -0.497 e. The highest BCUT2D eigenvalue weighted by Crippen LogP contribution is 2.35. The minimum atomic E-state index is -0.00485. The Morgan fingerprint density at radius 1 is 1.15 bits per heavy atom. The highest BCUT2D eigenvalue weighted by molar-refractivity contribution is 5.94. The summed E-state index contributed by atoms with van der Waals surface area (Å²) in [7, 11) is 1.68. The van der Waals surface area contributed by atoms with Gasteiger partial charge >= 0.3 is 0 Å². The molecular formula is C23H22N2O2. The molecule has 4 rings (SSSR count). The molecule has 0 bridgehead atoms. The van der Waals surface area contributed by atoms with Gasteiger partial charge in [-0.1, -0.05) is 36.4 Å². The van der Waals surface area contributed by atoms with Gasteiger partial charge in [-0.15, -0.1) is 0 Å². The molecule has 0 N–H and O–H groups in total. The second kappa shape index (κ2) is 7.62. The first kappa shape index (κ1) is 17.3. The van der Waals surface area contributed by atoms with E-state index in [4.69, 9.17) is 4.74 Å². The van der Waals surface area contributed by atoms with Crippen LogP contribution in [-0.4, -0.2) is 29.4 Å². The molecule has 0 saturated heterocycles. The lowest BCUT2D eigenvalue weighted by Gasteiger charge is -2.38.